The number of hydrogen-bond acceptors (Lipinski definition) is 3. The van der Waals surface area contributed by atoms with E-state index in [0.717, 1.165) is 35.4 Å². The molecule has 0 saturated heterocycles. The fourth-order valence-corrected chi connectivity index (χ4v) is 3.16. The molecule has 4 heteroatoms. The van der Waals surface area contributed by atoms with Crippen LogP contribution in [0, 0.1) is 0 Å². The molecule has 0 fully saturated rings. The lowest BCUT2D eigenvalue weighted by Crippen LogP contribution is -2.24. The Morgan fingerprint density at radius 3 is 2.28 bits per heavy atom. The van der Waals surface area contributed by atoms with Crippen LogP contribution in [-0.2, 0) is 11.2 Å². The van der Waals surface area contributed by atoms with Gasteiger partial charge in [0.15, 0.2) is 0 Å². The van der Waals surface area contributed by atoms with E-state index in [1.54, 1.807) is 11.9 Å². The van der Waals surface area contributed by atoms with Gasteiger partial charge >= 0.3 is 0 Å². The predicted octanol–water partition coefficient (Wildman–Crippen LogP) is 4.01. The summed E-state index contributed by atoms with van der Waals surface area (Å²) < 4.78 is 0. The van der Waals surface area contributed by atoms with Gasteiger partial charge in [-0.15, -0.1) is 0 Å². The predicted molar refractivity (Wildman–Crippen MR) is 103 cm³/mol. The highest BCUT2D eigenvalue weighted by Gasteiger charge is 2.31. The number of nitrogens with zero attached hydrogens (tertiary/aromatic N) is 3. The molecule has 0 aliphatic carbocycles. The molecule has 4 nitrogen and oxygen atoms in total. The standard InChI is InChI=1S/C21H25N3O/c1-5-16-6-8-17(9-7-16)20-14-21(24(22-20)15(2)25)18-10-12-19(13-11-18)23(3)4/h6-13,21H,5,14H2,1-4H3/t21-/m0/s1. The van der Waals surface area contributed by atoms with Gasteiger partial charge in [0, 0.05) is 33.1 Å². The smallest absolute Gasteiger partial charge is 0.240 e. The fourth-order valence-electron chi connectivity index (χ4n) is 3.16. The Morgan fingerprint density at radius 1 is 1.12 bits per heavy atom. The SMILES string of the molecule is CCc1ccc(C2=NN(C(C)=O)[C@H](c3ccc(N(C)C)cc3)C2)cc1. The maximum absolute atomic E-state index is 12.1. The van der Waals surface area contributed by atoms with Crippen LogP contribution in [0.15, 0.2) is 53.6 Å². The van der Waals surface area contributed by atoms with E-state index < -0.39 is 0 Å². The lowest BCUT2D eigenvalue weighted by Gasteiger charge is -2.21. The molecule has 0 spiro atoms. The summed E-state index contributed by atoms with van der Waals surface area (Å²) in [5, 5.41) is 6.24. The van der Waals surface area contributed by atoms with Gasteiger partial charge in [0.2, 0.25) is 5.91 Å². The monoisotopic (exact) mass is 335 g/mol. The number of aryl methyl sites for hydroxylation is 1. The third-order valence-electron chi connectivity index (χ3n) is 4.72. The van der Waals surface area contributed by atoms with Crippen LogP contribution in [0.3, 0.4) is 0 Å². The zero-order chi connectivity index (χ0) is 18.0. The molecular formula is C21H25N3O. The lowest BCUT2D eigenvalue weighted by atomic mass is 9.97. The summed E-state index contributed by atoms with van der Waals surface area (Å²) in [7, 11) is 4.04. The minimum absolute atomic E-state index is 0.0261. The van der Waals surface area contributed by atoms with E-state index in [2.05, 4.69) is 65.5 Å². The van der Waals surface area contributed by atoms with Crippen molar-refractivity contribution in [3.05, 3.63) is 65.2 Å². The fraction of sp³-hybridized carbons (Fsp3) is 0.333. The van der Waals surface area contributed by atoms with Crippen molar-refractivity contribution in [2.45, 2.75) is 32.7 Å². The summed E-state index contributed by atoms with van der Waals surface area (Å²) in [6.07, 6.45) is 1.76. The average Bonchev–Trinajstić information content (AvgIpc) is 3.07. The molecule has 25 heavy (non-hydrogen) atoms. The largest absolute Gasteiger partial charge is 0.378 e. The molecule has 1 amide bonds. The van der Waals surface area contributed by atoms with Crippen molar-refractivity contribution in [2.24, 2.45) is 5.10 Å². The molecule has 0 aromatic heterocycles. The van der Waals surface area contributed by atoms with Gasteiger partial charge in [-0.2, -0.15) is 5.10 Å². The third kappa shape index (κ3) is 3.58. The van der Waals surface area contributed by atoms with Crippen molar-refractivity contribution in [3.63, 3.8) is 0 Å². The minimum Gasteiger partial charge on any atom is -0.378 e. The van der Waals surface area contributed by atoms with Crippen molar-refractivity contribution in [3.8, 4) is 0 Å². The number of anilines is 1. The Labute approximate surface area is 149 Å². The number of hydrogen-bond donors (Lipinski definition) is 0. The van der Waals surface area contributed by atoms with E-state index in [4.69, 9.17) is 0 Å². The van der Waals surface area contributed by atoms with E-state index in [1.165, 1.54) is 5.56 Å². The van der Waals surface area contributed by atoms with Gasteiger partial charge in [0.1, 0.15) is 0 Å². The second-order valence-corrected chi connectivity index (χ2v) is 6.67. The first-order chi connectivity index (χ1) is 12.0. The molecular weight excluding hydrogens is 310 g/mol. The van der Waals surface area contributed by atoms with Crippen LogP contribution in [0.4, 0.5) is 5.69 Å². The van der Waals surface area contributed by atoms with E-state index >= 15 is 0 Å². The molecule has 0 radical (unpaired) electrons. The zero-order valence-corrected chi connectivity index (χ0v) is 15.4. The first-order valence-corrected chi connectivity index (χ1v) is 8.73. The molecule has 0 bridgehead atoms. The van der Waals surface area contributed by atoms with E-state index in [-0.39, 0.29) is 11.9 Å². The topological polar surface area (TPSA) is 35.9 Å². The Morgan fingerprint density at radius 2 is 1.76 bits per heavy atom. The first-order valence-electron chi connectivity index (χ1n) is 8.73. The Hall–Kier alpha value is -2.62. The van der Waals surface area contributed by atoms with Gasteiger partial charge in [-0.05, 0) is 35.2 Å². The van der Waals surface area contributed by atoms with Crippen molar-refractivity contribution in [1.82, 2.24) is 5.01 Å². The summed E-state index contributed by atoms with van der Waals surface area (Å²) in [6.45, 7) is 3.72. The molecule has 0 saturated carbocycles. The summed E-state index contributed by atoms with van der Waals surface area (Å²) in [5.41, 5.74) is 5.63. The summed E-state index contributed by atoms with van der Waals surface area (Å²) in [6, 6.07) is 16.8. The molecule has 1 heterocycles. The first kappa shape index (κ1) is 17.2. The van der Waals surface area contributed by atoms with Gasteiger partial charge in [-0.1, -0.05) is 43.3 Å². The minimum atomic E-state index is -0.0328. The molecule has 1 aliphatic rings. The molecule has 3 rings (SSSR count). The molecule has 130 valence electrons. The summed E-state index contributed by atoms with van der Waals surface area (Å²) in [4.78, 5) is 14.2. The van der Waals surface area contributed by atoms with Crippen molar-refractivity contribution in [1.29, 1.82) is 0 Å². The number of rotatable bonds is 4. The second-order valence-electron chi connectivity index (χ2n) is 6.67. The van der Waals surface area contributed by atoms with Crippen LogP contribution in [0.2, 0.25) is 0 Å². The van der Waals surface area contributed by atoms with Gasteiger partial charge in [-0.3, -0.25) is 4.79 Å². The van der Waals surface area contributed by atoms with Crippen LogP contribution in [0.25, 0.3) is 0 Å². The third-order valence-corrected chi connectivity index (χ3v) is 4.72. The van der Waals surface area contributed by atoms with Gasteiger partial charge in [-0.25, -0.2) is 5.01 Å². The maximum Gasteiger partial charge on any atom is 0.240 e. The van der Waals surface area contributed by atoms with Crippen molar-refractivity contribution >= 4 is 17.3 Å². The molecule has 1 aliphatic heterocycles. The highest BCUT2D eigenvalue weighted by Crippen LogP contribution is 2.33. The molecule has 2 aromatic rings. The normalized spacial score (nSPS) is 16.7. The number of amides is 1. The molecule has 2 aromatic carbocycles. The number of carbonyl (C=O) groups is 1. The highest BCUT2D eigenvalue weighted by atomic mass is 16.2. The van der Waals surface area contributed by atoms with Gasteiger partial charge in [0.25, 0.3) is 0 Å². The van der Waals surface area contributed by atoms with Gasteiger partial charge < -0.3 is 4.90 Å². The average molecular weight is 335 g/mol. The zero-order valence-electron chi connectivity index (χ0n) is 15.4. The lowest BCUT2D eigenvalue weighted by molar-refractivity contribution is -0.130. The second kappa shape index (κ2) is 7.09. The summed E-state index contributed by atoms with van der Waals surface area (Å²) in [5.74, 6) is -0.0261. The van der Waals surface area contributed by atoms with E-state index in [9.17, 15) is 4.79 Å². The Balaban J connectivity index is 1.87. The number of benzene rings is 2. The quantitative estimate of drug-likeness (QED) is 0.846. The van der Waals surface area contributed by atoms with Crippen LogP contribution >= 0.6 is 0 Å². The van der Waals surface area contributed by atoms with Crippen LogP contribution in [-0.4, -0.2) is 30.7 Å². The maximum atomic E-state index is 12.1. The Bertz CT molecular complexity index is 776. The number of carbonyl (C=O) groups excluding carboxylic acids is 1. The van der Waals surface area contributed by atoms with E-state index in [0.29, 0.717) is 0 Å². The highest BCUT2D eigenvalue weighted by molar-refractivity contribution is 6.03. The Kier molecular flexibility index (Phi) is 4.88. The molecule has 0 N–H and O–H groups in total. The molecule has 0 unspecified atom stereocenters. The van der Waals surface area contributed by atoms with Crippen molar-refractivity contribution in [2.75, 3.05) is 19.0 Å². The van der Waals surface area contributed by atoms with Crippen LogP contribution in [0.5, 0.6) is 0 Å². The van der Waals surface area contributed by atoms with Crippen LogP contribution in [0.1, 0.15) is 43.0 Å². The van der Waals surface area contributed by atoms with Crippen LogP contribution < -0.4 is 4.90 Å². The number of hydrazone groups is 1. The van der Waals surface area contributed by atoms with E-state index in [1.807, 2.05) is 14.1 Å². The van der Waals surface area contributed by atoms with Gasteiger partial charge in [0.05, 0.1) is 11.8 Å². The van der Waals surface area contributed by atoms with Crippen molar-refractivity contribution < 1.29 is 4.79 Å². The summed E-state index contributed by atoms with van der Waals surface area (Å²) >= 11 is 0. The molecule has 1 atom stereocenters.